The monoisotopic (exact) mass is 626 g/mol. The molecule has 4 aromatic rings. The molecule has 2 amide bonds. The predicted octanol–water partition coefficient (Wildman–Crippen LogP) is 4.42. The van der Waals surface area contributed by atoms with Crippen LogP contribution < -0.4 is 14.8 Å². The number of rotatable bonds is 15. The molecule has 0 saturated heterocycles. The highest BCUT2D eigenvalue weighted by Crippen LogP contribution is 2.23. The zero-order valence-electron chi connectivity index (χ0n) is 25.3. The molecule has 0 unspecified atom stereocenters. The number of nitrogens with zero attached hydrogens (tertiary/aromatic N) is 2. The Bertz CT molecular complexity index is 1660. The van der Waals surface area contributed by atoms with Gasteiger partial charge in [-0.05, 0) is 77.9 Å². The average molecular weight is 627 g/mol. The molecule has 1 atom stereocenters. The molecular formula is C35H38N4O5S. The lowest BCUT2D eigenvalue weighted by Gasteiger charge is -2.32. The molecular weight excluding hydrogens is 588 g/mol. The summed E-state index contributed by atoms with van der Waals surface area (Å²) in [5, 5.41) is 3.03. The minimum absolute atomic E-state index is 0.0229. The fraction of sp³-hybridized carbons (Fsp3) is 0.286. The number of methoxy groups -OCH3 is 1. The summed E-state index contributed by atoms with van der Waals surface area (Å²) in [6, 6.07) is 26.7. The maximum atomic E-state index is 14.0. The Morgan fingerprint density at radius 3 is 2.18 bits per heavy atom. The number of amides is 2. The zero-order chi connectivity index (χ0) is 31.6. The van der Waals surface area contributed by atoms with Crippen LogP contribution in [0.2, 0.25) is 0 Å². The largest absolute Gasteiger partial charge is 0.497 e. The maximum Gasteiger partial charge on any atom is 0.243 e. The Morgan fingerprint density at radius 1 is 0.867 bits per heavy atom. The van der Waals surface area contributed by atoms with Gasteiger partial charge in [-0.15, -0.1) is 0 Å². The van der Waals surface area contributed by atoms with E-state index in [-0.39, 0.29) is 35.7 Å². The normalized spacial score (nSPS) is 13.5. The molecule has 1 aliphatic rings. The molecule has 1 aliphatic carbocycles. The first-order valence-corrected chi connectivity index (χ1v) is 16.5. The maximum absolute atomic E-state index is 14.0. The first-order valence-electron chi connectivity index (χ1n) is 15.0. The van der Waals surface area contributed by atoms with Crippen molar-refractivity contribution in [1.29, 1.82) is 0 Å². The minimum Gasteiger partial charge on any atom is -0.497 e. The third-order valence-corrected chi connectivity index (χ3v) is 9.30. The number of pyridine rings is 1. The van der Waals surface area contributed by atoms with Gasteiger partial charge in [-0.25, -0.2) is 13.1 Å². The highest BCUT2D eigenvalue weighted by Gasteiger charge is 2.31. The number of carbonyl (C=O) groups is 2. The third kappa shape index (κ3) is 9.23. The number of nitrogens with one attached hydrogen (secondary N) is 2. The second-order valence-electron chi connectivity index (χ2n) is 11.2. The number of ether oxygens (including phenoxy) is 1. The number of carbonyl (C=O) groups excluding carboxylic acids is 2. The SMILES string of the molecule is COc1ccc(CN(C(=O)CCc2ccc(S(=O)(=O)NC3CC3)cc2)[C@H](Cc2ccccc2)C(=O)NCc2ccncc2)cc1. The number of sulfonamides is 1. The van der Waals surface area contributed by atoms with Crippen molar-refractivity contribution in [2.45, 2.75) is 62.2 Å². The molecule has 2 N–H and O–H groups in total. The van der Waals surface area contributed by atoms with Crippen LogP contribution in [0.4, 0.5) is 0 Å². The Balaban J connectivity index is 1.36. The molecule has 0 radical (unpaired) electrons. The molecule has 0 aliphatic heterocycles. The van der Waals surface area contributed by atoms with Crippen LogP contribution in [0.25, 0.3) is 0 Å². The number of benzene rings is 3. The van der Waals surface area contributed by atoms with E-state index in [9.17, 15) is 18.0 Å². The van der Waals surface area contributed by atoms with Crippen molar-refractivity contribution in [3.05, 3.63) is 126 Å². The van der Waals surface area contributed by atoms with E-state index in [1.54, 1.807) is 48.7 Å². The van der Waals surface area contributed by atoms with E-state index in [1.165, 1.54) is 0 Å². The molecule has 3 aromatic carbocycles. The Labute approximate surface area is 264 Å². The van der Waals surface area contributed by atoms with Crippen molar-refractivity contribution in [2.24, 2.45) is 0 Å². The molecule has 234 valence electrons. The van der Waals surface area contributed by atoms with Gasteiger partial charge in [0.2, 0.25) is 21.8 Å². The first-order chi connectivity index (χ1) is 21.8. The summed E-state index contributed by atoms with van der Waals surface area (Å²) in [7, 11) is -1.96. The highest BCUT2D eigenvalue weighted by molar-refractivity contribution is 7.89. The van der Waals surface area contributed by atoms with Crippen molar-refractivity contribution in [2.75, 3.05) is 7.11 Å². The van der Waals surface area contributed by atoms with Gasteiger partial charge in [-0.2, -0.15) is 0 Å². The highest BCUT2D eigenvalue weighted by atomic mass is 32.2. The number of aryl methyl sites for hydroxylation is 1. The lowest BCUT2D eigenvalue weighted by Crippen LogP contribution is -2.50. The summed E-state index contributed by atoms with van der Waals surface area (Å²) in [6.45, 7) is 0.537. The summed E-state index contributed by atoms with van der Waals surface area (Å²) in [5.74, 6) is 0.263. The molecule has 10 heteroatoms. The van der Waals surface area contributed by atoms with Crippen LogP contribution in [0, 0.1) is 0 Å². The van der Waals surface area contributed by atoms with Crippen LogP contribution in [-0.4, -0.2) is 49.3 Å². The van der Waals surface area contributed by atoms with E-state index < -0.39 is 16.1 Å². The topological polar surface area (TPSA) is 118 Å². The first kappa shape index (κ1) is 31.9. The van der Waals surface area contributed by atoms with Crippen LogP contribution >= 0.6 is 0 Å². The van der Waals surface area contributed by atoms with Crippen molar-refractivity contribution < 1.29 is 22.7 Å². The summed E-state index contributed by atoms with van der Waals surface area (Å²) in [4.78, 5) is 33.8. The quantitative estimate of drug-likeness (QED) is 0.202. The molecule has 5 rings (SSSR count). The van der Waals surface area contributed by atoms with E-state index in [1.807, 2.05) is 66.7 Å². The zero-order valence-corrected chi connectivity index (χ0v) is 26.1. The number of hydrogen-bond acceptors (Lipinski definition) is 6. The van der Waals surface area contributed by atoms with Gasteiger partial charge in [-0.1, -0.05) is 54.6 Å². The van der Waals surface area contributed by atoms with Gasteiger partial charge in [0.1, 0.15) is 11.8 Å². The van der Waals surface area contributed by atoms with Gasteiger partial charge in [-0.3, -0.25) is 14.6 Å². The lowest BCUT2D eigenvalue weighted by atomic mass is 10.0. The lowest BCUT2D eigenvalue weighted by molar-refractivity contribution is -0.141. The molecule has 1 aromatic heterocycles. The van der Waals surface area contributed by atoms with Gasteiger partial charge in [0.15, 0.2) is 0 Å². The fourth-order valence-electron chi connectivity index (χ4n) is 5.01. The number of hydrogen-bond donors (Lipinski definition) is 2. The summed E-state index contributed by atoms with van der Waals surface area (Å²) in [6.07, 6.45) is 5.95. The third-order valence-electron chi connectivity index (χ3n) is 7.76. The molecule has 1 saturated carbocycles. The van der Waals surface area contributed by atoms with E-state index in [0.29, 0.717) is 25.1 Å². The van der Waals surface area contributed by atoms with E-state index in [2.05, 4.69) is 15.0 Å². The molecule has 0 bridgehead atoms. The Kier molecular flexibility index (Phi) is 10.6. The predicted molar refractivity (Wildman–Crippen MR) is 172 cm³/mol. The van der Waals surface area contributed by atoms with Crippen LogP contribution in [0.15, 0.2) is 108 Å². The van der Waals surface area contributed by atoms with Gasteiger partial charge in [0.05, 0.1) is 12.0 Å². The smallest absolute Gasteiger partial charge is 0.243 e. The van der Waals surface area contributed by atoms with E-state index in [0.717, 1.165) is 35.1 Å². The second kappa shape index (κ2) is 15.0. The number of aromatic nitrogens is 1. The van der Waals surface area contributed by atoms with E-state index >= 15 is 0 Å². The summed E-state index contributed by atoms with van der Waals surface area (Å²) >= 11 is 0. The molecule has 1 fully saturated rings. The Morgan fingerprint density at radius 2 is 1.53 bits per heavy atom. The molecule has 1 heterocycles. The van der Waals surface area contributed by atoms with Crippen LogP contribution in [0.5, 0.6) is 5.75 Å². The van der Waals surface area contributed by atoms with Crippen molar-refractivity contribution >= 4 is 21.8 Å². The summed E-state index contributed by atoms with van der Waals surface area (Å²) < 4.78 is 33.1. The minimum atomic E-state index is -3.56. The molecule has 9 nitrogen and oxygen atoms in total. The van der Waals surface area contributed by atoms with Crippen molar-refractivity contribution in [3.63, 3.8) is 0 Å². The van der Waals surface area contributed by atoms with Crippen molar-refractivity contribution in [3.8, 4) is 5.75 Å². The summed E-state index contributed by atoms with van der Waals surface area (Å²) in [5.41, 5.74) is 3.54. The Hall–Kier alpha value is -4.54. The van der Waals surface area contributed by atoms with Gasteiger partial charge in [0.25, 0.3) is 0 Å². The van der Waals surface area contributed by atoms with Gasteiger partial charge in [0, 0.05) is 44.4 Å². The fourth-order valence-corrected chi connectivity index (χ4v) is 6.31. The van der Waals surface area contributed by atoms with Crippen LogP contribution in [0.1, 0.15) is 41.5 Å². The van der Waals surface area contributed by atoms with Crippen LogP contribution in [-0.2, 0) is 45.5 Å². The van der Waals surface area contributed by atoms with Gasteiger partial charge < -0.3 is 15.0 Å². The molecule has 0 spiro atoms. The average Bonchev–Trinajstić information content (AvgIpc) is 3.89. The second-order valence-corrected chi connectivity index (χ2v) is 12.9. The van der Waals surface area contributed by atoms with Gasteiger partial charge >= 0.3 is 0 Å². The standard InChI is InChI=1S/C35H38N4O5S/c1-44-31-14-7-29(8-15-31)25-39(34(40)18-11-26-9-16-32(17-10-26)45(42,43)38-30-12-13-30)33(23-27-5-3-2-4-6-27)35(41)37-24-28-19-21-36-22-20-28/h2-10,14-17,19-22,30,33,38H,11-13,18,23-25H2,1H3,(H,37,41)/t33-/m1/s1. The molecule has 45 heavy (non-hydrogen) atoms. The van der Waals surface area contributed by atoms with E-state index in [4.69, 9.17) is 4.74 Å². The van der Waals surface area contributed by atoms with Crippen LogP contribution in [0.3, 0.4) is 0 Å². The van der Waals surface area contributed by atoms with Crippen molar-refractivity contribution in [1.82, 2.24) is 19.9 Å².